The molecule has 0 aliphatic carbocycles. The van der Waals surface area contributed by atoms with Crippen LogP contribution in [0.2, 0.25) is 0 Å². The summed E-state index contributed by atoms with van der Waals surface area (Å²) in [7, 11) is 0. The van der Waals surface area contributed by atoms with Crippen molar-refractivity contribution in [1.29, 1.82) is 0 Å². The molecule has 25 heavy (non-hydrogen) atoms. The monoisotopic (exact) mass is 347 g/mol. The number of amides is 1. The fourth-order valence-corrected chi connectivity index (χ4v) is 2.38. The van der Waals surface area contributed by atoms with E-state index in [1.807, 2.05) is 0 Å². The molecule has 7 heteroatoms. The number of nitrogens with one attached hydrogen (secondary N) is 1. The number of phenolic OH excluding ortho intramolecular Hbond substituents is 1. The van der Waals surface area contributed by atoms with Gasteiger partial charge in [-0.05, 0) is 35.0 Å². The molecular formula is C18H12F3NO3. The normalized spacial score (nSPS) is 11.3. The van der Waals surface area contributed by atoms with E-state index in [1.54, 1.807) is 24.3 Å². The number of carbonyl (C=O) groups is 1. The molecule has 0 spiro atoms. The van der Waals surface area contributed by atoms with E-state index in [9.17, 15) is 23.1 Å². The van der Waals surface area contributed by atoms with Gasteiger partial charge in [0.15, 0.2) is 5.75 Å². The van der Waals surface area contributed by atoms with Gasteiger partial charge in [-0.25, -0.2) is 0 Å². The molecule has 0 saturated heterocycles. The maximum absolute atomic E-state index is 12.4. The van der Waals surface area contributed by atoms with E-state index in [0.717, 1.165) is 11.5 Å². The van der Waals surface area contributed by atoms with Gasteiger partial charge >= 0.3 is 6.36 Å². The lowest BCUT2D eigenvalue weighted by Gasteiger charge is -2.14. The number of fused-ring (bicyclic) bond motifs is 1. The van der Waals surface area contributed by atoms with Crippen LogP contribution < -0.4 is 10.1 Å². The molecule has 3 rings (SSSR count). The summed E-state index contributed by atoms with van der Waals surface area (Å²) < 4.78 is 41.2. The number of hydrogen-bond acceptors (Lipinski definition) is 3. The third-order valence-electron chi connectivity index (χ3n) is 3.47. The summed E-state index contributed by atoms with van der Waals surface area (Å²) in [5.74, 6) is -1.56. The highest BCUT2D eigenvalue weighted by molar-refractivity contribution is 6.09. The summed E-state index contributed by atoms with van der Waals surface area (Å²) in [6, 6.07) is 15.1. The quantitative estimate of drug-likeness (QED) is 0.722. The van der Waals surface area contributed by atoms with Gasteiger partial charge in [0, 0.05) is 0 Å². The van der Waals surface area contributed by atoms with E-state index in [-0.39, 0.29) is 17.0 Å². The molecule has 0 radical (unpaired) electrons. The number of halogens is 3. The number of phenols is 1. The molecule has 0 aliphatic rings. The molecule has 3 aromatic rings. The Bertz CT molecular complexity index is 938. The molecule has 0 saturated carbocycles. The lowest BCUT2D eigenvalue weighted by atomic mass is 10.1. The van der Waals surface area contributed by atoms with E-state index in [1.165, 1.54) is 30.3 Å². The van der Waals surface area contributed by atoms with Crippen molar-refractivity contribution < 1.29 is 27.8 Å². The SMILES string of the molecule is O=C(Nc1ccccc1OC(F)(F)F)c1cc2ccccc2cc1O. The van der Waals surface area contributed by atoms with Gasteiger partial charge in [0.05, 0.1) is 11.3 Å². The number of alkyl halides is 3. The van der Waals surface area contributed by atoms with Gasteiger partial charge in [0.25, 0.3) is 5.91 Å². The number of anilines is 1. The summed E-state index contributed by atoms with van der Waals surface area (Å²) >= 11 is 0. The lowest BCUT2D eigenvalue weighted by molar-refractivity contribution is -0.274. The first-order chi connectivity index (χ1) is 11.8. The summed E-state index contributed by atoms with van der Waals surface area (Å²) in [6.07, 6.45) is -4.88. The van der Waals surface area contributed by atoms with Crippen LogP contribution in [0.1, 0.15) is 10.4 Å². The highest BCUT2D eigenvalue weighted by Crippen LogP contribution is 2.31. The number of carbonyl (C=O) groups excluding carboxylic acids is 1. The maximum atomic E-state index is 12.4. The van der Waals surface area contributed by atoms with Crippen LogP contribution in [0.3, 0.4) is 0 Å². The van der Waals surface area contributed by atoms with Gasteiger partial charge in [-0.15, -0.1) is 13.2 Å². The summed E-state index contributed by atoms with van der Waals surface area (Å²) in [4.78, 5) is 12.4. The van der Waals surface area contributed by atoms with Crippen molar-refractivity contribution in [3.05, 3.63) is 66.2 Å². The minimum atomic E-state index is -4.88. The lowest BCUT2D eigenvalue weighted by Crippen LogP contribution is -2.19. The van der Waals surface area contributed by atoms with Crippen molar-refractivity contribution in [3.63, 3.8) is 0 Å². The number of aromatic hydroxyl groups is 1. The van der Waals surface area contributed by atoms with Crippen molar-refractivity contribution in [2.45, 2.75) is 6.36 Å². The molecule has 0 unspecified atom stereocenters. The zero-order valence-electron chi connectivity index (χ0n) is 12.7. The Morgan fingerprint density at radius 1 is 0.960 bits per heavy atom. The summed E-state index contributed by atoms with van der Waals surface area (Å²) in [6.45, 7) is 0. The van der Waals surface area contributed by atoms with Crippen molar-refractivity contribution in [1.82, 2.24) is 0 Å². The van der Waals surface area contributed by atoms with Crippen molar-refractivity contribution in [3.8, 4) is 11.5 Å². The second-order valence-electron chi connectivity index (χ2n) is 5.21. The van der Waals surface area contributed by atoms with E-state index >= 15 is 0 Å². The van der Waals surface area contributed by atoms with E-state index in [2.05, 4.69) is 10.1 Å². The van der Waals surface area contributed by atoms with Crippen molar-refractivity contribution >= 4 is 22.4 Å². The van der Waals surface area contributed by atoms with E-state index in [0.29, 0.717) is 5.39 Å². The standard InChI is InChI=1S/C18H12F3NO3/c19-18(20,21)25-16-8-4-3-7-14(16)22-17(24)13-9-11-5-1-2-6-12(11)10-15(13)23/h1-10,23H,(H,22,24). The third kappa shape index (κ3) is 3.82. The fourth-order valence-electron chi connectivity index (χ4n) is 2.38. The number of benzene rings is 3. The van der Waals surface area contributed by atoms with Gasteiger partial charge in [0.2, 0.25) is 0 Å². The predicted octanol–water partition coefficient (Wildman–Crippen LogP) is 4.70. The maximum Gasteiger partial charge on any atom is 0.573 e. The molecule has 2 N–H and O–H groups in total. The molecule has 128 valence electrons. The Kier molecular flexibility index (Phi) is 4.22. The van der Waals surface area contributed by atoms with Gasteiger partial charge in [-0.2, -0.15) is 0 Å². The van der Waals surface area contributed by atoms with Gasteiger partial charge < -0.3 is 15.2 Å². The van der Waals surface area contributed by atoms with Crippen LogP contribution in [0.15, 0.2) is 60.7 Å². The van der Waals surface area contributed by atoms with Crippen molar-refractivity contribution in [2.75, 3.05) is 5.32 Å². The highest BCUT2D eigenvalue weighted by atomic mass is 19.4. The summed E-state index contributed by atoms with van der Waals surface area (Å²) in [5.41, 5.74) is -0.210. The van der Waals surface area contributed by atoms with Crippen LogP contribution in [-0.2, 0) is 0 Å². The van der Waals surface area contributed by atoms with Crippen LogP contribution in [0.4, 0.5) is 18.9 Å². The molecule has 0 fully saturated rings. The molecule has 0 atom stereocenters. The number of hydrogen-bond donors (Lipinski definition) is 2. The molecule has 0 aliphatic heterocycles. The van der Waals surface area contributed by atoms with E-state index in [4.69, 9.17) is 0 Å². The minimum Gasteiger partial charge on any atom is -0.507 e. The largest absolute Gasteiger partial charge is 0.573 e. The molecule has 4 nitrogen and oxygen atoms in total. The zero-order valence-corrected chi connectivity index (χ0v) is 12.7. The Balaban J connectivity index is 1.92. The second-order valence-corrected chi connectivity index (χ2v) is 5.21. The van der Waals surface area contributed by atoms with Gasteiger partial charge in [-0.1, -0.05) is 36.4 Å². The van der Waals surface area contributed by atoms with E-state index < -0.39 is 18.0 Å². The fraction of sp³-hybridized carbons (Fsp3) is 0.0556. The number of ether oxygens (including phenoxy) is 1. The molecule has 3 aromatic carbocycles. The van der Waals surface area contributed by atoms with Crippen LogP contribution in [-0.4, -0.2) is 17.4 Å². The first kappa shape index (κ1) is 16.6. The Hall–Kier alpha value is -3.22. The molecule has 0 heterocycles. The second kappa shape index (κ2) is 6.35. The molecule has 1 amide bonds. The molecule has 0 bridgehead atoms. The summed E-state index contributed by atoms with van der Waals surface area (Å²) in [5, 5.41) is 13.8. The average molecular weight is 347 g/mol. The number of rotatable bonds is 3. The molecule has 0 aromatic heterocycles. The smallest absolute Gasteiger partial charge is 0.507 e. The van der Waals surface area contributed by atoms with Crippen LogP contribution >= 0.6 is 0 Å². The first-order valence-corrected chi connectivity index (χ1v) is 7.21. The van der Waals surface area contributed by atoms with Crippen molar-refractivity contribution in [2.24, 2.45) is 0 Å². The van der Waals surface area contributed by atoms with Crippen LogP contribution in [0, 0.1) is 0 Å². The van der Waals surface area contributed by atoms with Crippen LogP contribution in [0.5, 0.6) is 11.5 Å². The van der Waals surface area contributed by atoms with Crippen LogP contribution in [0.25, 0.3) is 10.8 Å². The molecular weight excluding hydrogens is 335 g/mol. The van der Waals surface area contributed by atoms with Gasteiger partial charge in [-0.3, -0.25) is 4.79 Å². The Morgan fingerprint density at radius 2 is 1.56 bits per heavy atom. The van der Waals surface area contributed by atoms with Gasteiger partial charge in [0.1, 0.15) is 5.75 Å². The number of para-hydroxylation sites is 2. The topological polar surface area (TPSA) is 58.6 Å². The minimum absolute atomic E-state index is 0.0551. The Morgan fingerprint density at radius 3 is 2.24 bits per heavy atom. The average Bonchev–Trinajstić information content (AvgIpc) is 2.54. The Labute approximate surface area is 140 Å². The highest BCUT2D eigenvalue weighted by Gasteiger charge is 2.32. The zero-order chi connectivity index (χ0) is 18.0. The predicted molar refractivity (Wildman–Crippen MR) is 86.7 cm³/mol. The third-order valence-corrected chi connectivity index (χ3v) is 3.47. The first-order valence-electron chi connectivity index (χ1n) is 7.21.